The van der Waals surface area contributed by atoms with Crippen LogP contribution in [0.25, 0.3) is 16.7 Å². The zero-order valence-corrected chi connectivity index (χ0v) is 14.8. The molecule has 4 rings (SSSR count). The lowest BCUT2D eigenvalue weighted by Gasteiger charge is -2.26. The highest BCUT2D eigenvalue weighted by Gasteiger charge is 2.12. The minimum Gasteiger partial charge on any atom is -0.379 e. The van der Waals surface area contributed by atoms with Crippen LogP contribution in [0.15, 0.2) is 23.3 Å². The van der Waals surface area contributed by atoms with Gasteiger partial charge in [-0.05, 0) is 12.5 Å². The van der Waals surface area contributed by atoms with Crippen LogP contribution in [0.4, 0.5) is 0 Å². The first-order valence-electron chi connectivity index (χ1n) is 8.79. The SMILES string of the molecule is COCc1nc2ncc3c(=O)n(CCCN4CCOCC4)ccc3n2n1. The molecule has 1 aliphatic rings. The van der Waals surface area contributed by atoms with Crippen molar-refractivity contribution < 1.29 is 9.47 Å². The van der Waals surface area contributed by atoms with Gasteiger partial charge < -0.3 is 14.0 Å². The predicted octanol–water partition coefficient (Wildman–Crippen LogP) is 0.308. The lowest BCUT2D eigenvalue weighted by Crippen LogP contribution is -2.37. The van der Waals surface area contributed by atoms with Crippen molar-refractivity contribution in [3.05, 3.63) is 34.6 Å². The van der Waals surface area contributed by atoms with Crippen molar-refractivity contribution in [1.29, 1.82) is 0 Å². The summed E-state index contributed by atoms with van der Waals surface area (Å²) in [6.07, 6.45) is 4.32. The van der Waals surface area contributed by atoms with Crippen LogP contribution in [-0.4, -0.2) is 69.0 Å². The quantitative estimate of drug-likeness (QED) is 0.627. The number of fused-ring (bicyclic) bond motifs is 3. The fraction of sp³-hybridized carbons (Fsp3) is 0.529. The van der Waals surface area contributed by atoms with Crippen molar-refractivity contribution >= 4 is 16.7 Å². The van der Waals surface area contributed by atoms with Gasteiger partial charge in [0.2, 0.25) is 0 Å². The number of ether oxygens (including phenoxy) is 2. The number of aryl methyl sites for hydroxylation is 1. The molecule has 0 bridgehead atoms. The number of methoxy groups -OCH3 is 1. The highest BCUT2D eigenvalue weighted by Crippen LogP contribution is 2.11. The lowest BCUT2D eigenvalue weighted by atomic mass is 10.3. The van der Waals surface area contributed by atoms with Crippen molar-refractivity contribution in [2.45, 2.75) is 19.6 Å². The maximum absolute atomic E-state index is 12.8. The summed E-state index contributed by atoms with van der Waals surface area (Å²) in [4.78, 5) is 23.7. The van der Waals surface area contributed by atoms with Crippen molar-refractivity contribution in [1.82, 2.24) is 29.0 Å². The molecule has 138 valence electrons. The molecule has 1 aliphatic heterocycles. The molecule has 0 saturated carbocycles. The van der Waals surface area contributed by atoms with E-state index >= 15 is 0 Å². The maximum atomic E-state index is 12.8. The van der Waals surface area contributed by atoms with E-state index in [2.05, 4.69) is 20.0 Å². The van der Waals surface area contributed by atoms with Gasteiger partial charge in [-0.1, -0.05) is 0 Å². The van der Waals surface area contributed by atoms with Crippen LogP contribution in [-0.2, 0) is 22.6 Å². The van der Waals surface area contributed by atoms with E-state index < -0.39 is 0 Å². The molecule has 0 aliphatic carbocycles. The molecular weight excluding hydrogens is 336 g/mol. The van der Waals surface area contributed by atoms with E-state index in [9.17, 15) is 4.79 Å². The van der Waals surface area contributed by atoms with Gasteiger partial charge in [0.05, 0.1) is 24.1 Å². The number of nitrogens with zero attached hydrogens (tertiary/aromatic N) is 6. The maximum Gasteiger partial charge on any atom is 0.261 e. The Morgan fingerprint density at radius 3 is 2.92 bits per heavy atom. The highest BCUT2D eigenvalue weighted by molar-refractivity contribution is 5.78. The van der Waals surface area contributed by atoms with Crippen LogP contribution >= 0.6 is 0 Å². The van der Waals surface area contributed by atoms with E-state index in [4.69, 9.17) is 9.47 Å². The predicted molar refractivity (Wildman–Crippen MR) is 95.1 cm³/mol. The summed E-state index contributed by atoms with van der Waals surface area (Å²) in [6, 6.07) is 1.89. The third kappa shape index (κ3) is 3.33. The smallest absolute Gasteiger partial charge is 0.261 e. The Balaban J connectivity index is 1.56. The average molecular weight is 358 g/mol. The molecule has 0 radical (unpaired) electrons. The molecule has 9 heteroatoms. The lowest BCUT2D eigenvalue weighted by molar-refractivity contribution is 0.0369. The molecule has 0 aromatic carbocycles. The second-order valence-electron chi connectivity index (χ2n) is 6.35. The average Bonchev–Trinajstić information content (AvgIpc) is 3.08. The fourth-order valence-electron chi connectivity index (χ4n) is 3.26. The Hall–Kier alpha value is -2.36. The monoisotopic (exact) mass is 358 g/mol. The molecular formula is C17H22N6O3. The molecule has 0 N–H and O–H groups in total. The van der Waals surface area contributed by atoms with Gasteiger partial charge in [0, 0.05) is 45.7 Å². The molecule has 26 heavy (non-hydrogen) atoms. The Morgan fingerprint density at radius 2 is 2.12 bits per heavy atom. The minimum atomic E-state index is -0.0531. The highest BCUT2D eigenvalue weighted by atomic mass is 16.5. The molecule has 3 aromatic rings. The van der Waals surface area contributed by atoms with Gasteiger partial charge in [-0.2, -0.15) is 9.50 Å². The Morgan fingerprint density at radius 1 is 1.27 bits per heavy atom. The van der Waals surface area contributed by atoms with Gasteiger partial charge in [-0.15, -0.1) is 5.10 Å². The fourth-order valence-corrected chi connectivity index (χ4v) is 3.26. The molecule has 0 spiro atoms. The first-order valence-corrected chi connectivity index (χ1v) is 8.79. The van der Waals surface area contributed by atoms with E-state index in [1.54, 1.807) is 22.4 Å². The van der Waals surface area contributed by atoms with Crippen LogP contribution in [0.5, 0.6) is 0 Å². The summed E-state index contributed by atoms with van der Waals surface area (Å²) < 4.78 is 13.8. The van der Waals surface area contributed by atoms with Gasteiger partial charge in [0.25, 0.3) is 11.3 Å². The van der Waals surface area contributed by atoms with Crippen molar-refractivity contribution in [2.24, 2.45) is 0 Å². The first-order chi connectivity index (χ1) is 12.8. The molecule has 4 heterocycles. The van der Waals surface area contributed by atoms with E-state index in [-0.39, 0.29) is 5.56 Å². The van der Waals surface area contributed by atoms with Crippen LogP contribution in [0, 0.1) is 0 Å². The normalized spacial score (nSPS) is 15.9. The second kappa shape index (κ2) is 7.48. The molecule has 0 unspecified atom stereocenters. The number of hydrogen-bond donors (Lipinski definition) is 0. The van der Waals surface area contributed by atoms with Crippen molar-refractivity contribution in [3.63, 3.8) is 0 Å². The number of hydrogen-bond acceptors (Lipinski definition) is 7. The topological polar surface area (TPSA) is 86.8 Å². The van der Waals surface area contributed by atoms with Gasteiger partial charge in [-0.25, -0.2) is 4.98 Å². The van der Waals surface area contributed by atoms with Crippen LogP contribution in [0.2, 0.25) is 0 Å². The van der Waals surface area contributed by atoms with Crippen LogP contribution in [0.1, 0.15) is 12.2 Å². The van der Waals surface area contributed by atoms with Crippen molar-refractivity contribution in [2.75, 3.05) is 40.0 Å². The molecule has 3 aromatic heterocycles. The van der Waals surface area contributed by atoms with E-state index in [1.807, 2.05) is 12.3 Å². The molecule has 1 fully saturated rings. The first kappa shape index (κ1) is 17.1. The van der Waals surface area contributed by atoms with E-state index in [0.29, 0.717) is 35.7 Å². The molecule has 1 saturated heterocycles. The van der Waals surface area contributed by atoms with Crippen molar-refractivity contribution in [3.8, 4) is 0 Å². The van der Waals surface area contributed by atoms with Gasteiger partial charge >= 0.3 is 0 Å². The van der Waals surface area contributed by atoms with Gasteiger partial charge in [0.1, 0.15) is 6.61 Å². The number of rotatable bonds is 6. The van der Waals surface area contributed by atoms with Crippen LogP contribution in [0.3, 0.4) is 0 Å². The summed E-state index contributed by atoms with van der Waals surface area (Å²) in [6.45, 7) is 5.46. The summed E-state index contributed by atoms with van der Waals surface area (Å²) in [5.41, 5.74) is 0.655. The zero-order valence-electron chi connectivity index (χ0n) is 14.8. The molecule has 0 amide bonds. The third-order valence-corrected chi connectivity index (χ3v) is 4.60. The number of morpholine rings is 1. The van der Waals surface area contributed by atoms with E-state index in [0.717, 1.165) is 39.3 Å². The summed E-state index contributed by atoms with van der Waals surface area (Å²) >= 11 is 0. The zero-order chi connectivity index (χ0) is 17.9. The van der Waals surface area contributed by atoms with Gasteiger partial charge in [-0.3, -0.25) is 9.69 Å². The minimum absolute atomic E-state index is 0.0531. The summed E-state index contributed by atoms with van der Waals surface area (Å²) in [7, 11) is 1.59. The Labute approximate surface area is 150 Å². The Bertz CT molecular complexity index is 960. The second-order valence-corrected chi connectivity index (χ2v) is 6.35. The molecule has 0 atom stereocenters. The van der Waals surface area contributed by atoms with Gasteiger partial charge in [0.15, 0.2) is 5.82 Å². The summed E-state index contributed by atoms with van der Waals surface area (Å²) in [5, 5.41) is 4.92. The number of pyridine rings is 1. The summed E-state index contributed by atoms with van der Waals surface area (Å²) in [5.74, 6) is 1.01. The van der Waals surface area contributed by atoms with Crippen LogP contribution < -0.4 is 5.56 Å². The third-order valence-electron chi connectivity index (χ3n) is 4.60. The number of aromatic nitrogens is 5. The standard InChI is InChI=1S/C17H22N6O3/c1-25-12-15-19-17-18-11-13-14(23(17)20-15)3-6-22(16(13)24)5-2-4-21-7-9-26-10-8-21/h3,6,11H,2,4-5,7-10,12H2,1H3. The van der Waals surface area contributed by atoms with E-state index in [1.165, 1.54) is 0 Å². The largest absolute Gasteiger partial charge is 0.379 e. The Kier molecular flexibility index (Phi) is 4.91. The molecule has 9 nitrogen and oxygen atoms in total.